The van der Waals surface area contributed by atoms with Crippen molar-refractivity contribution in [3.63, 3.8) is 0 Å². The second-order valence-corrected chi connectivity index (χ2v) is 7.88. The van der Waals surface area contributed by atoms with Crippen LogP contribution in [0.4, 0.5) is 11.5 Å². The highest BCUT2D eigenvalue weighted by Gasteiger charge is 2.26. The number of hydrogen-bond acceptors (Lipinski definition) is 7. The van der Waals surface area contributed by atoms with Crippen LogP contribution in [0.2, 0.25) is 0 Å². The Morgan fingerprint density at radius 3 is 2.93 bits per heavy atom. The van der Waals surface area contributed by atoms with Crippen molar-refractivity contribution >= 4 is 39.1 Å². The van der Waals surface area contributed by atoms with Crippen LogP contribution < -0.4 is 10.2 Å². The van der Waals surface area contributed by atoms with Gasteiger partial charge in [0.15, 0.2) is 10.8 Å². The van der Waals surface area contributed by atoms with Crippen molar-refractivity contribution in [1.82, 2.24) is 20.3 Å². The van der Waals surface area contributed by atoms with Gasteiger partial charge >= 0.3 is 0 Å². The first-order valence-electron chi connectivity index (χ1n) is 8.97. The molecule has 0 radical (unpaired) electrons. The van der Waals surface area contributed by atoms with Crippen molar-refractivity contribution in [2.45, 2.75) is 26.3 Å². The monoisotopic (exact) mass is 383 g/mol. The van der Waals surface area contributed by atoms with Gasteiger partial charge in [0.1, 0.15) is 16.7 Å². The van der Waals surface area contributed by atoms with E-state index in [0.717, 1.165) is 24.5 Å². The Morgan fingerprint density at radius 1 is 1.33 bits per heavy atom. The van der Waals surface area contributed by atoms with E-state index in [-0.39, 0.29) is 24.5 Å². The summed E-state index contributed by atoms with van der Waals surface area (Å²) in [5.41, 5.74) is 3.03. The van der Waals surface area contributed by atoms with E-state index in [4.69, 9.17) is 0 Å². The zero-order valence-corrected chi connectivity index (χ0v) is 16.0. The van der Waals surface area contributed by atoms with Crippen LogP contribution in [0, 0.1) is 5.92 Å². The van der Waals surface area contributed by atoms with Gasteiger partial charge in [0.2, 0.25) is 0 Å². The summed E-state index contributed by atoms with van der Waals surface area (Å²) in [6, 6.07) is 7.94. The minimum absolute atomic E-state index is 0.107. The average Bonchev–Trinajstić information content (AvgIpc) is 3.29. The van der Waals surface area contributed by atoms with E-state index in [0.29, 0.717) is 15.4 Å². The molecule has 0 unspecified atom stereocenters. The molecule has 1 atom stereocenters. The second kappa shape index (κ2) is 7.21. The fraction of sp³-hybridized carbons (Fsp3) is 0.368. The molecule has 1 aliphatic heterocycles. The molecule has 140 valence electrons. The first kappa shape index (κ1) is 17.8. The fourth-order valence-electron chi connectivity index (χ4n) is 3.25. The molecule has 1 amide bonds. The third kappa shape index (κ3) is 3.26. The first-order valence-corrected chi connectivity index (χ1v) is 9.79. The number of rotatable bonds is 5. The number of nitrogens with zero attached hydrogens (tertiary/aromatic N) is 4. The molecule has 2 N–H and O–H groups in total. The van der Waals surface area contributed by atoms with E-state index >= 15 is 0 Å². The number of fused-ring (bicyclic) bond motifs is 2. The zero-order chi connectivity index (χ0) is 19.0. The van der Waals surface area contributed by atoms with Gasteiger partial charge in [0.05, 0.1) is 12.6 Å². The van der Waals surface area contributed by atoms with Crippen LogP contribution in [0.25, 0.3) is 10.3 Å². The smallest absolute Gasteiger partial charge is 0.280 e. The average molecular weight is 383 g/mol. The molecule has 0 saturated carbocycles. The van der Waals surface area contributed by atoms with Gasteiger partial charge in [-0.05, 0) is 24.0 Å². The highest BCUT2D eigenvalue weighted by molar-refractivity contribution is 7.19. The Bertz CT molecular complexity index is 987. The highest BCUT2D eigenvalue weighted by Crippen LogP contribution is 2.37. The number of amides is 1. The Balaban J connectivity index is 1.68. The number of nitrogens with one attached hydrogen (secondary N) is 1. The minimum atomic E-state index is -0.305. The maximum atomic E-state index is 12.6. The molecule has 0 aliphatic carbocycles. The number of benzene rings is 1. The molecule has 27 heavy (non-hydrogen) atoms. The van der Waals surface area contributed by atoms with Crippen molar-refractivity contribution in [2.75, 3.05) is 18.1 Å². The van der Waals surface area contributed by atoms with E-state index in [9.17, 15) is 9.90 Å². The molecule has 4 rings (SSSR count). The standard InChI is InChI=1S/C19H21N5O2S/c1-11(2)13(9-25)22-17(26)19-23-15-16(20-10-21-18(15)27-19)24-8-7-12-5-3-4-6-14(12)24/h3-6,10-11,13,25H,7-9H2,1-2H3,(H,22,26)/t13-/m1/s1. The number of aromatic nitrogens is 3. The molecule has 0 spiro atoms. The van der Waals surface area contributed by atoms with Crippen LogP contribution in [0.1, 0.15) is 29.2 Å². The van der Waals surface area contributed by atoms with Crippen molar-refractivity contribution in [3.05, 3.63) is 41.2 Å². The Labute approximate surface area is 161 Å². The molecule has 1 aliphatic rings. The fourth-order valence-corrected chi connectivity index (χ4v) is 4.05. The van der Waals surface area contributed by atoms with Gasteiger partial charge in [-0.3, -0.25) is 4.79 Å². The van der Waals surface area contributed by atoms with Gasteiger partial charge in [0, 0.05) is 12.2 Å². The SMILES string of the molecule is CC(C)[C@@H](CO)NC(=O)c1nc2c(N3CCc4ccccc43)ncnc2s1. The van der Waals surface area contributed by atoms with Gasteiger partial charge in [0.25, 0.3) is 5.91 Å². The summed E-state index contributed by atoms with van der Waals surface area (Å²) in [7, 11) is 0. The largest absolute Gasteiger partial charge is 0.394 e. The summed E-state index contributed by atoms with van der Waals surface area (Å²) in [4.78, 5) is 28.7. The van der Waals surface area contributed by atoms with E-state index in [1.807, 2.05) is 26.0 Å². The number of para-hydroxylation sites is 1. The second-order valence-electron chi connectivity index (χ2n) is 6.91. The topological polar surface area (TPSA) is 91.2 Å². The molecule has 2 aromatic heterocycles. The number of carbonyl (C=O) groups excluding carboxylic acids is 1. The number of thiazole rings is 1. The van der Waals surface area contributed by atoms with Gasteiger partial charge in [-0.1, -0.05) is 43.4 Å². The molecular formula is C19H21N5O2S. The molecule has 0 bridgehead atoms. The van der Waals surface area contributed by atoms with Crippen LogP contribution >= 0.6 is 11.3 Å². The maximum absolute atomic E-state index is 12.6. The van der Waals surface area contributed by atoms with E-state index in [1.54, 1.807) is 0 Å². The third-order valence-corrected chi connectivity index (χ3v) is 5.79. The number of anilines is 2. The molecule has 0 saturated heterocycles. The molecule has 3 aromatic rings. The summed E-state index contributed by atoms with van der Waals surface area (Å²) in [6.07, 6.45) is 2.47. The molecule has 1 aromatic carbocycles. The van der Waals surface area contributed by atoms with Gasteiger partial charge in [-0.2, -0.15) is 0 Å². The maximum Gasteiger partial charge on any atom is 0.280 e. The van der Waals surface area contributed by atoms with E-state index < -0.39 is 0 Å². The Morgan fingerprint density at radius 2 is 2.15 bits per heavy atom. The van der Waals surface area contributed by atoms with Crippen LogP contribution in [0.5, 0.6) is 0 Å². The Kier molecular flexibility index (Phi) is 4.75. The van der Waals surface area contributed by atoms with Crippen molar-refractivity contribution < 1.29 is 9.90 Å². The minimum Gasteiger partial charge on any atom is -0.394 e. The molecule has 0 fully saturated rings. The lowest BCUT2D eigenvalue weighted by Crippen LogP contribution is -2.41. The highest BCUT2D eigenvalue weighted by atomic mass is 32.1. The zero-order valence-electron chi connectivity index (χ0n) is 15.2. The van der Waals surface area contributed by atoms with Crippen LogP contribution in [-0.4, -0.2) is 45.2 Å². The summed E-state index contributed by atoms with van der Waals surface area (Å²) in [5.74, 6) is 0.561. The van der Waals surface area contributed by atoms with E-state index in [2.05, 4.69) is 37.3 Å². The van der Waals surface area contributed by atoms with Gasteiger partial charge < -0.3 is 15.3 Å². The van der Waals surface area contributed by atoms with Crippen LogP contribution in [-0.2, 0) is 6.42 Å². The third-order valence-electron chi connectivity index (χ3n) is 4.83. The molecular weight excluding hydrogens is 362 g/mol. The van der Waals surface area contributed by atoms with Crippen molar-refractivity contribution in [1.29, 1.82) is 0 Å². The molecule has 7 nitrogen and oxygen atoms in total. The van der Waals surface area contributed by atoms with Gasteiger partial charge in [-0.15, -0.1) is 0 Å². The van der Waals surface area contributed by atoms with Crippen LogP contribution in [0.15, 0.2) is 30.6 Å². The lowest BCUT2D eigenvalue weighted by Gasteiger charge is -2.19. The van der Waals surface area contributed by atoms with Crippen molar-refractivity contribution in [2.24, 2.45) is 5.92 Å². The van der Waals surface area contributed by atoms with E-state index in [1.165, 1.54) is 23.2 Å². The summed E-state index contributed by atoms with van der Waals surface area (Å²) in [5, 5.41) is 12.6. The quantitative estimate of drug-likeness (QED) is 0.704. The number of aliphatic hydroxyl groups is 1. The number of aliphatic hydroxyl groups excluding tert-OH is 1. The predicted octanol–water partition coefficient (Wildman–Crippen LogP) is 2.53. The summed E-state index contributed by atoms with van der Waals surface area (Å²) in [6.45, 7) is 4.62. The van der Waals surface area contributed by atoms with Crippen molar-refractivity contribution in [3.8, 4) is 0 Å². The lowest BCUT2D eigenvalue weighted by molar-refractivity contribution is 0.0896. The molecule has 8 heteroatoms. The summed E-state index contributed by atoms with van der Waals surface area (Å²) >= 11 is 1.24. The summed E-state index contributed by atoms with van der Waals surface area (Å²) < 4.78 is 0. The van der Waals surface area contributed by atoms with Crippen LogP contribution in [0.3, 0.4) is 0 Å². The number of carbonyl (C=O) groups is 1. The number of hydrogen-bond donors (Lipinski definition) is 2. The molecule has 3 heterocycles. The Hall–Kier alpha value is -2.58. The lowest BCUT2D eigenvalue weighted by atomic mass is 10.1. The first-order chi connectivity index (χ1) is 13.1. The van der Waals surface area contributed by atoms with Gasteiger partial charge in [-0.25, -0.2) is 15.0 Å². The predicted molar refractivity (Wildman–Crippen MR) is 106 cm³/mol. The normalized spacial score (nSPS) is 14.6.